The molecule has 1 heterocycles. The van der Waals surface area contributed by atoms with Crippen molar-refractivity contribution in [3.8, 4) is 5.75 Å². The van der Waals surface area contributed by atoms with Crippen LogP contribution in [0.2, 0.25) is 5.02 Å². The Labute approximate surface area is 130 Å². The van der Waals surface area contributed by atoms with Gasteiger partial charge >= 0.3 is 0 Å². The van der Waals surface area contributed by atoms with Crippen molar-refractivity contribution in [3.05, 3.63) is 63.2 Å². The molecule has 0 saturated carbocycles. The molecule has 2 aromatic rings. The molecule has 0 spiro atoms. The van der Waals surface area contributed by atoms with Crippen LogP contribution in [0.5, 0.6) is 5.75 Å². The second kappa shape index (κ2) is 5.36. The number of aliphatic hydroxyl groups is 1. The van der Waals surface area contributed by atoms with Crippen LogP contribution in [0.25, 0.3) is 0 Å². The summed E-state index contributed by atoms with van der Waals surface area (Å²) >= 11 is 5.99. The standard InChI is InChI=1S/C18H19ClO2/c1-10-6-12(3)14(7-11(10)2)18-9-16(20)15-8-13(19)4-5-17(15)21-18/h4-8,16,18,20H,9H2,1-3H3. The Morgan fingerprint density at radius 1 is 1.00 bits per heavy atom. The zero-order chi connectivity index (χ0) is 15.1. The number of aryl methyl sites for hydroxylation is 3. The summed E-state index contributed by atoms with van der Waals surface area (Å²) in [6, 6.07) is 9.76. The van der Waals surface area contributed by atoms with Gasteiger partial charge in [-0.25, -0.2) is 0 Å². The van der Waals surface area contributed by atoms with E-state index in [1.807, 2.05) is 6.07 Å². The predicted molar refractivity (Wildman–Crippen MR) is 85.1 cm³/mol. The van der Waals surface area contributed by atoms with Crippen LogP contribution in [-0.2, 0) is 0 Å². The molecule has 0 radical (unpaired) electrons. The van der Waals surface area contributed by atoms with Gasteiger partial charge in [-0.05, 0) is 61.2 Å². The van der Waals surface area contributed by atoms with Gasteiger partial charge in [0.15, 0.2) is 0 Å². The molecule has 2 aromatic carbocycles. The molecule has 2 atom stereocenters. The molecular weight excluding hydrogens is 284 g/mol. The van der Waals surface area contributed by atoms with Crippen molar-refractivity contribution in [1.29, 1.82) is 0 Å². The first-order chi connectivity index (χ1) is 9.95. The third-order valence-corrected chi connectivity index (χ3v) is 4.50. The van der Waals surface area contributed by atoms with Gasteiger partial charge in [-0.3, -0.25) is 0 Å². The summed E-state index contributed by atoms with van der Waals surface area (Å²) in [5.74, 6) is 0.723. The Morgan fingerprint density at radius 2 is 1.71 bits per heavy atom. The SMILES string of the molecule is Cc1cc(C)c(C2CC(O)c3cc(Cl)ccc3O2)cc1C. The van der Waals surface area contributed by atoms with Gasteiger partial charge in [0, 0.05) is 17.0 Å². The number of fused-ring (bicyclic) bond motifs is 1. The average molecular weight is 303 g/mol. The van der Waals surface area contributed by atoms with Crippen molar-refractivity contribution in [2.45, 2.75) is 39.4 Å². The maximum Gasteiger partial charge on any atom is 0.127 e. The normalized spacial score (nSPS) is 20.8. The van der Waals surface area contributed by atoms with Crippen molar-refractivity contribution >= 4 is 11.6 Å². The maximum absolute atomic E-state index is 10.4. The van der Waals surface area contributed by atoms with Gasteiger partial charge in [0.05, 0.1) is 6.10 Å². The molecule has 0 bridgehead atoms. The Bertz CT molecular complexity index is 694. The Morgan fingerprint density at radius 3 is 2.48 bits per heavy atom. The minimum atomic E-state index is -0.543. The summed E-state index contributed by atoms with van der Waals surface area (Å²) in [5.41, 5.74) is 5.65. The fourth-order valence-corrected chi connectivity index (χ4v) is 3.12. The van der Waals surface area contributed by atoms with E-state index in [0.29, 0.717) is 11.4 Å². The van der Waals surface area contributed by atoms with Crippen LogP contribution in [0.3, 0.4) is 0 Å². The smallest absolute Gasteiger partial charge is 0.127 e. The third-order valence-electron chi connectivity index (χ3n) is 4.27. The average Bonchev–Trinajstić information content (AvgIpc) is 2.43. The minimum absolute atomic E-state index is 0.118. The Balaban J connectivity index is 1.99. The van der Waals surface area contributed by atoms with Gasteiger partial charge in [-0.2, -0.15) is 0 Å². The highest BCUT2D eigenvalue weighted by Crippen LogP contribution is 2.42. The minimum Gasteiger partial charge on any atom is -0.485 e. The van der Waals surface area contributed by atoms with E-state index in [9.17, 15) is 5.11 Å². The van der Waals surface area contributed by atoms with Gasteiger partial charge in [0.1, 0.15) is 11.9 Å². The maximum atomic E-state index is 10.4. The van der Waals surface area contributed by atoms with Crippen LogP contribution in [0.15, 0.2) is 30.3 Å². The number of rotatable bonds is 1. The van der Waals surface area contributed by atoms with Gasteiger partial charge in [0.25, 0.3) is 0 Å². The predicted octanol–water partition coefficient (Wildman–Crippen LogP) is 4.82. The summed E-state index contributed by atoms with van der Waals surface area (Å²) in [5, 5.41) is 11.0. The summed E-state index contributed by atoms with van der Waals surface area (Å²) in [7, 11) is 0. The van der Waals surface area contributed by atoms with Gasteiger partial charge < -0.3 is 9.84 Å². The lowest BCUT2D eigenvalue weighted by Gasteiger charge is -2.31. The first-order valence-electron chi connectivity index (χ1n) is 7.17. The summed E-state index contributed by atoms with van der Waals surface area (Å²) in [4.78, 5) is 0. The molecule has 2 unspecified atom stereocenters. The Hall–Kier alpha value is -1.51. The lowest BCUT2D eigenvalue weighted by molar-refractivity contribution is 0.0654. The van der Waals surface area contributed by atoms with Gasteiger partial charge in [-0.1, -0.05) is 23.7 Å². The van der Waals surface area contributed by atoms with E-state index in [-0.39, 0.29) is 6.10 Å². The van der Waals surface area contributed by atoms with Crippen molar-refractivity contribution in [3.63, 3.8) is 0 Å². The molecule has 21 heavy (non-hydrogen) atoms. The highest BCUT2D eigenvalue weighted by Gasteiger charge is 2.29. The summed E-state index contributed by atoms with van der Waals surface area (Å²) in [6.07, 6.45) is -0.108. The van der Waals surface area contributed by atoms with Crippen molar-refractivity contribution in [2.75, 3.05) is 0 Å². The van der Waals surface area contributed by atoms with E-state index in [0.717, 1.165) is 16.9 Å². The van der Waals surface area contributed by atoms with Crippen LogP contribution in [-0.4, -0.2) is 5.11 Å². The van der Waals surface area contributed by atoms with Crippen LogP contribution in [0.4, 0.5) is 0 Å². The van der Waals surface area contributed by atoms with E-state index < -0.39 is 6.10 Å². The quantitative estimate of drug-likeness (QED) is 0.818. The summed E-state index contributed by atoms with van der Waals surface area (Å²) in [6.45, 7) is 6.31. The van der Waals surface area contributed by atoms with Crippen LogP contribution < -0.4 is 4.74 Å². The van der Waals surface area contributed by atoms with Gasteiger partial charge in [0.2, 0.25) is 0 Å². The molecule has 0 fully saturated rings. The largest absolute Gasteiger partial charge is 0.485 e. The number of benzene rings is 2. The number of ether oxygens (including phenoxy) is 1. The number of aliphatic hydroxyl groups excluding tert-OH is 1. The molecule has 3 rings (SSSR count). The first-order valence-corrected chi connectivity index (χ1v) is 7.55. The molecule has 0 aliphatic carbocycles. The van der Waals surface area contributed by atoms with E-state index in [1.165, 1.54) is 16.7 Å². The first kappa shape index (κ1) is 14.4. The molecule has 1 N–H and O–H groups in total. The zero-order valence-electron chi connectivity index (χ0n) is 12.5. The second-order valence-electron chi connectivity index (χ2n) is 5.83. The van der Waals surface area contributed by atoms with Gasteiger partial charge in [-0.15, -0.1) is 0 Å². The molecule has 0 saturated heterocycles. The molecule has 1 aliphatic heterocycles. The molecule has 110 valence electrons. The lowest BCUT2D eigenvalue weighted by Crippen LogP contribution is -2.20. The Kier molecular flexibility index (Phi) is 3.68. The fourth-order valence-electron chi connectivity index (χ4n) is 2.94. The zero-order valence-corrected chi connectivity index (χ0v) is 13.2. The van der Waals surface area contributed by atoms with Crippen molar-refractivity contribution in [2.24, 2.45) is 0 Å². The molecule has 1 aliphatic rings. The van der Waals surface area contributed by atoms with Crippen LogP contribution in [0, 0.1) is 20.8 Å². The molecule has 3 heteroatoms. The number of halogens is 1. The van der Waals surface area contributed by atoms with Crippen LogP contribution >= 0.6 is 11.6 Å². The molecule has 0 aromatic heterocycles. The third kappa shape index (κ3) is 2.66. The van der Waals surface area contributed by atoms with E-state index >= 15 is 0 Å². The van der Waals surface area contributed by atoms with E-state index in [1.54, 1.807) is 12.1 Å². The number of hydrogen-bond donors (Lipinski definition) is 1. The highest BCUT2D eigenvalue weighted by atomic mass is 35.5. The second-order valence-corrected chi connectivity index (χ2v) is 6.27. The highest BCUT2D eigenvalue weighted by molar-refractivity contribution is 6.30. The topological polar surface area (TPSA) is 29.5 Å². The fraction of sp³-hybridized carbons (Fsp3) is 0.333. The van der Waals surface area contributed by atoms with E-state index in [4.69, 9.17) is 16.3 Å². The lowest BCUT2D eigenvalue weighted by atomic mass is 9.91. The molecule has 0 amide bonds. The van der Waals surface area contributed by atoms with Crippen molar-refractivity contribution < 1.29 is 9.84 Å². The van der Waals surface area contributed by atoms with Crippen molar-refractivity contribution in [1.82, 2.24) is 0 Å². The molecule has 2 nitrogen and oxygen atoms in total. The molecular formula is C18H19ClO2. The summed E-state index contributed by atoms with van der Waals surface area (Å²) < 4.78 is 6.10. The monoisotopic (exact) mass is 302 g/mol. The van der Waals surface area contributed by atoms with Crippen LogP contribution in [0.1, 0.15) is 46.4 Å². The number of hydrogen-bond acceptors (Lipinski definition) is 2. The van der Waals surface area contributed by atoms with E-state index in [2.05, 4.69) is 32.9 Å².